The molecule has 5 heteroatoms. The second-order valence-electron chi connectivity index (χ2n) is 6.49. The fourth-order valence-electron chi connectivity index (χ4n) is 3.48. The Morgan fingerprint density at radius 2 is 1.88 bits per heavy atom. The lowest BCUT2D eigenvalue weighted by atomic mass is 10.1. The summed E-state index contributed by atoms with van der Waals surface area (Å²) >= 11 is 0. The predicted molar refractivity (Wildman–Crippen MR) is 103 cm³/mol. The third kappa shape index (κ3) is 2.86. The van der Waals surface area contributed by atoms with Crippen LogP contribution in [0.3, 0.4) is 0 Å². The number of aromatic nitrogens is 2. The number of fused-ring (bicyclic) bond motifs is 1. The zero-order valence-electron chi connectivity index (χ0n) is 14.8. The van der Waals surface area contributed by atoms with Crippen LogP contribution < -0.4 is 10.2 Å². The van der Waals surface area contributed by atoms with Crippen LogP contribution in [0.25, 0.3) is 0 Å². The minimum atomic E-state index is 0.334. The van der Waals surface area contributed by atoms with Gasteiger partial charge in [-0.05, 0) is 44.0 Å². The van der Waals surface area contributed by atoms with Crippen molar-refractivity contribution in [3.05, 3.63) is 71.5 Å². The maximum Gasteiger partial charge on any atom is 0.139 e. The monoisotopic (exact) mass is 341 g/mol. The predicted octanol–water partition coefficient (Wildman–Crippen LogP) is 4.48. The van der Waals surface area contributed by atoms with E-state index >= 15 is 0 Å². The Balaban J connectivity index is 1.73. The molecule has 1 unspecified atom stereocenters. The second-order valence-corrected chi connectivity index (χ2v) is 6.49. The number of nitriles is 1. The molecule has 1 aliphatic rings. The summed E-state index contributed by atoms with van der Waals surface area (Å²) < 4.78 is 0. The number of rotatable bonds is 3. The maximum absolute atomic E-state index is 9.29. The van der Waals surface area contributed by atoms with Crippen molar-refractivity contribution in [1.82, 2.24) is 9.97 Å². The topological polar surface area (TPSA) is 64.8 Å². The molecule has 0 saturated carbocycles. The van der Waals surface area contributed by atoms with Crippen molar-refractivity contribution in [3.8, 4) is 6.07 Å². The molecule has 1 atom stereocenters. The molecule has 2 aromatic carbocycles. The molecule has 1 aliphatic heterocycles. The van der Waals surface area contributed by atoms with Crippen molar-refractivity contribution in [1.29, 1.82) is 5.26 Å². The molecule has 3 aromatic rings. The first-order valence-electron chi connectivity index (χ1n) is 8.64. The Labute approximate surface area is 153 Å². The van der Waals surface area contributed by atoms with Gasteiger partial charge in [-0.15, -0.1) is 0 Å². The SMILES string of the molecule is Cc1nc(Nc2ccccc2C#N)cc(N2c3ccccc3CC2C)n1. The van der Waals surface area contributed by atoms with E-state index in [1.807, 2.05) is 31.2 Å². The third-order valence-corrected chi connectivity index (χ3v) is 4.59. The van der Waals surface area contributed by atoms with Crippen LogP contribution in [0, 0.1) is 18.3 Å². The van der Waals surface area contributed by atoms with Crippen LogP contribution in [0.2, 0.25) is 0 Å². The molecule has 5 nitrogen and oxygen atoms in total. The summed E-state index contributed by atoms with van der Waals surface area (Å²) in [7, 11) is 0. The fraction of sp³-hybridized carbons (Fsp3) is 0.190. The van der Waals surface area contributed by atoms with Gasteiger partial charge in [-0.25, -0.2) is 9.97 Å². The van der Waals surface area contributed by atoms with Crippen molar-refractivity contribution in [3.63, 3.8) is 0 Å². The molecule has 0 aliphatic carbocycles. The Hall–Kier alpha value is -3.39. The van der Waals surface area contributed by atoms with Crippen molar-refractivity contribution in [2.75, 3.05) is 10.2 Å². The highest BCUT2D eigenvalue weighted by Gasteiger charge is 2.28. The maximum atomic E-state index is 9.29. The Morgan fingerprint density at radius 1 is 1.12 bits per heavy atom. The lowest BCUT2D eigenvalue weighted by molar-refractivity contribution is 0.747. The van der Waals surface area contributed by atoms with Gasteiger partial charge in [0.25, 0.3) is 0 Å². The molecule has 0 fully saturated rings. The average Bonchev–Trinajstić information content (AvgIpc) is 2.97. The second kappa shape index (κ2) is 6.49. The molecule has 4 rings (SSSR count). The number of nitrogens with one attached hydrogen (secondary N) is 1. The van der Waals surface area contributed by atoms with Crippen LogP contribution >= 0.6 is 0 Å². The van der Waals surface area contributed by atoms with Gasteiger partial charge in [0.2, 0.25) is 0 Å². The highest BCUT2D eigenvalue weighted by atomic mass is 15.2. The van der Waals surface area contributed by atoms with Crippen LogP contribution in [0.1, 0.15) is 23.9 Å². The van der Waals surface area contributed by atoms with Crippen molar-refractivity contribution >= 4 is 23.0 Å². The summed E-state index contributed by atoms with van der Waals surface area (Å²) in [6, 6.07) is 20.3. The van der Waals surface area contributed by atoms with Gasteiger partial charge < -0.3 is 10.2 Å². The summed E-state index contributed by atoms with van der Waals surface area (Å²) in [5, 5.41) is 12.6. The minimum absolute atomic E-state index is 0.334. The number of aryl methyl sites for hydroxylation is 1. The first-order chi connectivity index (χ1) is 12.7. The quantitative estimate of drug-likeness (QED) is 0.761. The largest absolute Gasteiger partial charge is 0.339 e. The number of hydrogen-bond acceptors (Lipinski definition) is 5. The van der Waals surface area contributed by atoms with E-state index in [9.17, 15) is 5.26 Å². The molecule has 0 spiro atoms. The van der Waals surface area contributed by atoms with Gasteiger partial charge in [0, 0.05) is 17.8 Å². The van der Waals surface area contributed by atoms with E-state index in [4.69, 9.17) is 0 Å². The number of hydrogen-bond donors (Lipinski definition) is 1. The summed E-state index contributed by atoms with van der Waals surface area (Å²) in [5.74, 6) is 2.25. The molecule has 26 heavy (non-hydrogen) atoms. The first-order valence-corrected chi connectivity index (χ1v) is 8.64. The minimum Gasteiger partial charge on any atom is -0.339 e. The van der Waals surface area contributed by atoms with E-state index < -0.39 is 0 Å². The molecule has 2 heterocycles. The van der Waals surface area contributed by atoms with Crippen LogP contribution in [-0.4, -0.2) is 16.0 Å². The summed E-state index contributed by atoms with van der Waals surface area (Å²) in [5.41, 5.74) is 3.86. The van der Waals surface area contributed by atoms with Crippen LogP contribution in [0.15, 0.2) is 54.6 Å². The zero-order chi connectivity index (χ0) is 18.1. The zero-order valence-corrected chi connectivity index (χ0v) is 14.8. The smallest absolute Gasteiger partial charge is 0.139 e. The third-order valence-electron chi connectivity index (χ3n) is 4.59. The van der Waals surface area contributed by atoms with Crippen molar-refractivity contribution in [2.45, 2.75) is 26.3 Å². The summed E-state index contributed by atoms with van der Waals surface area (Å²) in [6.07, 6.45) is 0.999. The van der Waals surface area contributed by atoms with Gasteiger partial charge in [-0.3, -0.25) is 0 Å². The van der Waals surface area contributed by atoms with Crippen LogP contribution in [0.4, 0.5) is 23.0 Å². The number of para-hydroxylation sites is 2. The van der Waals surface area contributed by atoms with Gasteiger partial charge in [-0.2, -0.15) is 5.26 Å². The van der Waals surface area contributed by atoms with Gasteiger partial charge in [-0.1, -0.05) is 30.3 Å². The van der Waals surface area contributed by atoms with Gasteiger partial charge in [0.15, 0.2) is 0 Å². The van der Waals surface area contributed by atoms with E-state index in [0.717, 1.165) is 17.9 Å². The fourth-order valence-corrected chi connectivity index (χ4v) is 3.48. The Kier molecular flexibility index (Phi) is 4.02. The molecule has 0 bridgehead atoms. The lowest BCUT2D eigenvalue weighted by Gasteiger charge is -2.24. The van der Waals surface area contributed by atoms with Crippen LogP contribution in [-0.2, 0) is 6.42 Å². The van der Waals surface area contributed by atoms with Gasteiger partial charge >= 0.3 is 0 Å². The molecule has 128 valence electrons. The molecule has 0 radical (unpaired) electrons. The molecule has 0 amide bonds. The van der Waals surface area contributed by atoms with Crippen molar-refractivity contribution < 1.29 is 0 Å². The van der Waals surface area contributed by atoms with E-state index in [0.29, 0.717) is 23.2 Å². The molecule has 1 aromatic heterocycles. The summed E-state index contributed by atoms with van der Waals surface area (Å²) in [4.78, 5) is 11.4. The number of anilines is 4. The average molecular weight is 341 g/mol. The first kappa shape index (κ1) is 16.1. The van der Waals surface area contributed by atoms with E-state index in [-0.39, 0.29) is 0 Å². The molecule has 1 N–H and O–H groups in total. The Morgan fingerprint density at radius 3 is 2.73 bits per heavy atom. The van der Waals surface area contributed by atoms with Crippen LogP contribution in [0.5, 0.6) is 0 Å². The van der Waals surface area contributed by atoms with Gasteiger partial charge in [0.05, 0.1) is 11.3 Å². The molecular formula is C21H19N5. The highest BCUT2D eigenvalue weighted by Crippen LogP contribution is 2.38. The van der Waals surface area contributed by atoms with E-state index in [2.05, 4.69) is 57.4 Å². The number of nitrogens with zero attached hydrogens (tertiary/aromatic N) is 4. The highest BCUT2D eigenvalue weighted by molar-refractivity contribution is 5.72. The van der Waals surface area contributed by atoms with Gasteiger partial charge in [0.1, 0.15) is 23.5 Å². The summed E-state index contributed by atoms with van der Waals surface area (Å²) in [6.45, 7) is 4.09. The number of benzene rings is 2. The van der Waals surface area contributed by atoms with E-state index in [1.54, 1.807) is 6.07 Å². The normalized spacial score (nSPS) is 15.4. The standard InChI is InChI=1S/C21H19N5/c1-14-11-16-7-4-6-10-19(16)26(14)21-12-20(23-15(2)24-21)25-18-9-5-3-8-17(18)13-22/h3-10,12,14H,11H2,1-2H3,(H,23,24,25). The Bertz CT molecular complexity index is 1010. The van der Waals surface area contributed by atoms with Crippen molar-refractivity contribution in [2.24, 2.45) is 0 Å². The molecular weight excluding hydrogens is 322 g/mol. The molecule has 0 saturated heterocycles. The van der Waals surface area contributed by atoms with E-state index in [1.165, 1.54) is 11.3 Å². The lowest BCUT2D eigenvalue weighted by Crippen LogP contribution is -2.25.